The lowest BCUT2D eigenvalue weighted by Gasteiger charge is -2.04. The van der Waals surface area contributed by atoms with E-state index in [2.05, 4.69) is 42.2 Å². The molecule has 0 aliphatic rings. The van der Waals surface area contributed by atoms with Crippen molar-refractivity contribution in [3.05, 3.63) is 47.9 Å². The van der Waals surface area contributed by atoms with Crippen LogP contribution in [0.1, 0.15) is 18.1 Å². The van der Waals surface area contributed by atoms with Gasteiger partial charge in [-0.05, 0) is 44.0 Å². The van der Waals surface area contributed by atoms with Crippen LogP contribution < -0.4 is 5.73 Å². The molecule has 0 unspecified atom stereocenters. The Labute approximate surface area is 124 Å². The van der Waals surface area contributed by atoms with E-state index in [0.29, 0.717) is 5.69 Å². The van der Waals surface area contributed by atoms with Gasteiger partial charge in [0.1, 0.15) is 5.69 Å². The first-order chi connectivity index (χ1) is 10.1. The Bertz CT molecular complexity index is 762. The van der Waals surface area contributed by atoms with E-state index >= 15 is 0 Å². The quantitative estimate of drug-likeness (QED) is 0.803. The maximum atomic E-state index is 6.12. The van der Waals surface area contributed by atoms with Crippen molar-refractivity contribution < 1.29 is 0 Å². The monoisotopic (exact) mass is 281 g/mol. The summed E-state index contributed by atoms with van der Waals surface area (Å²) in [4.78, 5) is 0. The standard InChI is InChI=1S/C16H19N5/c1-4-20-9-13(8-18-20)16-15(17)10-21(19-16)14-6-11(2)5-12(3)7-14/h5-10H,4,17H2,1-3H3. The number of rotatable bonds is 3. The first-order valence-corrected chi connectivity index (χ1v) is 7.03. The van der Waals surface area contributed by atoms with Crippen LogP contribution in [-0.4, -0.2) is 19.6 Å². The van der Waals surface area contributed by atoms with Gasteiger partial charge in [-0.15, -0.1) is 0 Å². The number of anilines is 1. The highest BCUT2D eigenvalue weighted by atomic mass is 15.3. The van der Waals surface area contributed by atoms with E-state index in [1.165, 1.54) is 11.1 Å². The van der Waals surface area contributed by atoms with Gasteiger partial charge in [-0.1, -0.05) is 6.07 Å². The first-order valence-electron chi connectivity index (χ1n) is 7.03. The highest BCUT2D eigenvalue weighted by Gasteiger charge is 2.12. The van der Waals surface area contributed by atoms with E-state index in [1.807, 2.05) is 28.7 Å². The fourth-order valence-electron chi connectivity index (χ4n) is 2.49. The summed E-state index contributed by atoms with van der Waals surface area (Å²) in [6, 6.07) is 6.33. The molecule has 2 aromatic heterocycles. The van der Waals surface area contributed by atoms with Crippen LogP contribution in [0.3, 0.4) is 0 Å². The Morgan fingerprint density at radius 2 is 1.81 bits per heavy atom. The molecule has 0 amide bonds. The lowest BCUT2D eigenvalue weighted by atomic mass is 10.1. The van der Waals surface area contributed by atoms with Crippen LogP contribution in [0.15, 0.2) is 36.8 Å². The van der Waals surface area contributed by atoms with Crippen molar-refractivity contribution in [3.8, 4) is 16.9 Å². The second-order valence-corrected chi connectivity index (χ2v) is 5.31. The molecule has 0 bridgehead atoms. The molecule has 108 valence electrons. The fraction of sp³-hybridized carbons (Fsp3) is 0.250. The molecule has 0 radical (unpaired) electrons. The van der Waals surface area contributed by atoms with Crippen molar-refractivity contribution in [2.24, 2.45) is 0 Å². The molecule has 0 saturated carbocycles. The molecule has 0 saturated heterocycles. The molecule has 0 aliphatic heterocycles. The first kappa shape index (κ1) is 13.4. The molecule has 2 N–H and O–H groups in total. The lowest BCUT2D eigenvalue weighted by Crippen LogP contribution is -1.96. The number of nitrogen functional groups attached to an aromatic ring is 1. The fourth-order valence-corrected chi connectivity index (χ4v) is 2.49. The third-order valence-corrected chi connectivity index (χ3v) is 3.44. The van der Waals surface area contributed by atoms with Crippen molar-refractivity contribution in [2.75, 3.05) is 5.73 Å². The molecule has 0 aliphatic carbocycles. The van der Waals surface area contributed by atoms with E-state index < -0.39 is 0 Å². The summed E-state index contributed by atoms with van der Waals surface area (Å²) in [6.45, 7) is 7.04. The Morgan fingerprint density at radius 1 is 1.10 bits per heavy atom. The van der Waals surface area contributed by atoms with Gasteiger partial charge >= 0.3 is 0 Å². The van der Waals surface area contributed by atoms with Crippen LogP contribution in [0.2, 0.25) is 0 Å². The number of nitrogens with zero attached hydrogens (tertiary/aromatic N) is 4. The zero-order valence-corrected chi connectivity index (χ0v) is 12.5. The van der Waals surface area contributed by atoms with Gasteiger partial charge in [0.15, 0.2) is 0 Å². The summed E-state index contributed by atoms with van der Waals surface area (Å²) in [7, 11) is 0. The molecule has 5 heteroatoms. The Morgan fingerprint density at radius 3 is 2.43 bits per heavy atom. The van der Waals surface area contributed by atoms with Crippen LogP contribution in [-0.2, 0) is 6.54 Å². The number of benzene rings is 1. The summed E-state index contributed by atoms with van der Waals surface area (Å²) >= 11 is 0. The number of aryl methyl sites for hydroxylation is 3. The maximum Gasteiger partial charge on any atom is 0.119 e. The summed E-state index contributed by atoms with van der Waals surface area (Å²) in [5.74, 6) is 0. The van der Waals surface area contributed by atoms with E-state index in [4.69, 9.17) is 5.73 Å². The van der Waals surface area contributed by atoms with E-state index in [0.717, 1.165) is 23.5 Å². The molecule has 5 nitrogen and oxygen atoms in total. The van der Waals surface area contributed by atoms with Crippen molar-refractivity contribution in [1.29, 1.82) is 0 Å². The number of hydrogen-bond acceptors (Lipinski definition) is 3. The molecule has 3 aromatic rings. The van der Waals surface area contributed by atoms with Crippen molar-refractivity contribution in [2.45, 2.75) is 27.3 Å². The van der Waals surface area contributed by atoms with Crippen LogP contribution in [0.5, 0.6) is 0 Å². The maximum absolute atomic E-state index is 6.12. The molecule has 3 rings (SSSR count). The normalized spacial score (nSPS) is 11.0. The summed E-state index contributed by atoms with van der Waals surface area (Å²) in [6.07, 6.45) is 5.62. The minimum absolute atomic E-state index is 0.657. The van der Waals surface area contributed by atoms with Crippen molar-refractivity contribution >= 4 is 5.69 Å². The van der Waals surface area contributed by atoms with Crippen LogP contribution in [0.4, 0.5) is 5.69 Å². The smallest absolute Gasteiger partial charge is 0.119 e. The third kappa shape index (κ3) is 2.54. The molecule has 0 atom stereocenters. The van der Waals surface area contributed by atoms with E-state index in [-0.39, 0.29) is 0 Å². The minimum atomic E-state index is 0.657. The summed E-state index contributed by atoms with van der Waals surface area (Å²) in [5, 5.41) is 8.89. The third-order valence-electron chi connectivity index (χ3n) is 3.44. The molecule has 1 aromatic carbocycles. The molecule has 21 heavy (non-hydrogen) atoms. The average Bonchev–Trinajstić information content (AvgIpc) is 3.03. The van der Waals surface area contributed by atoms with Gasteiger partial charge in [0.05, 0.1) is 23.8 Å². The van der Waals surface area contributed by atoms with Crippen LogP contribution >= 0.6 is 0 Å². The second-order valence-electron chi connectivity index (χ2n) is 5.31. The van der Waals surface area contributed by atoms with Crippen molar-refractivity contribution in [1.82, 2.24) is 19.6 Å². The zero-order chi connectivity index (χ0) is 15.0. The Kier molecular flexibility index (Phi) is 3.25. The minimum Gasteiger partial charge on any atom is -0.396 e. The van der Waals surface area contributed by atoms with Gasteiger partial charge in [0.2, 0.25) is 0 Å². The second kappa shape index (κ2) is 5.09. The van der Waals surface area contributed by atoms with E-state index in [1.54, 1.807) is 6.20 Å². The molecule has 2 heterocycles. The molecular weight excluding hydrogens is 262 g/mol. The van der Waals surface area contributed by atoms with Crippen LogP contribution in [0, 0.1) is 13.8 Å². The van der Waals surface area contributed by atoms with Gasteiger partial charge < -0.3 is 5.73 Å². The Hall–Kier alpha value is -2.56. The van der Waals surface area contributed by atoms with Gasteiger partial charge in [0, 0.05) is 18.3 Å². The highest BCUT2D eigenvalue weighted by Crippen LogP contribution is 2.25. The largest absolute Gasteiger partial charge is 0.396 e. The van der Waals surface area contributed by atoms with Gasteiger partial charge in [0.25, 0.3) is 0 Å². The predicted molar refractivity (Wildman–Crippen MR) is 84.3 cm³/mol. The Balaban J connectivity index is 2.04. The summed E-state index contributed by atoms with van der Waals surface area (Å²) in [5.41, 5.74) is 11.9. The van der Waals surface area contributed by atoms with Gasteiger partial charge in [-0.2, -0.15) is 10.2 Å². The summed E-state index contributed by atoms with van der Waals surface area (Å²) < 4.78 is 3.69. The lowest BCUT2D eigenvalue weighted by molar-refractivity contribution is 0.660. The number of hydrogen-bond donors (Lipinski definition) is 1. The van der Waals surface area contributed by atoms with Crippen molar-refractivity contribution in [3.63, 3.8) is 0 Å². The average molecular weight is 281 g/mol. The topological polar surface area (TPSA) is 61.7 Å². The predicted octanol–water partition coefficient (Wildman–Crippen LogP) is 2.95. The number of nitrogens with two attached hydrogens (primary N) is 1. The highest BCUT2D eigenvalue weighted by molar-refractivity contribution is 5.71. The van der Waals surface area contributed by atoms with Crippen LogP contribution in [0.25, 0.3) is 16.9 Å². The molecule has 0 spiro atoms. The zero-order valence-electron chi connectivity index (χ0n) is 12.5. The molecule has 0 fully saturated rings. The van der Waals surface area contributed by atoms with Gasteiger partial charge in [-0.3, -0.25) is 4.68 Å². The van der Waals surface area contributed by atoms with E-state index in [9.17, 15) is 0 Å². The van der Waals surface area contributed by atoms with Gasteiger partial charge in [-0.25, -0.2) is 4.68 Å². The SMILES string of the molecule is CCn1cc(-c2nn(-c3cc(C)cc(C)c3)cc2N)cn1. The number of aromatic nitrogens is 4. The molecular formula is C16H19N5.